The first kappa shape index (κ1) is 24.3. The van der Waals surface area contributed by atoms with Gasteiger partial charge in [0, 0.05) is 5.39 Å². The second-order valence-electron chi connectivity index (χ2n) is 7.42. The number of carbonyl (C=O) groups is 2. The first-order chi connectivity index (χ1) is 16.9. The van der Waals surface area contributed by atoms with Crippen molar-refractivity contribution in [3.8, 4) is 11.5 Å². The van der Waals surface area contributed by atoms with E-state index in [4.69, 9.17) is 19.0 Å². The lowest BCUT2D eigenvalue weighted by Crippen LogP contribution is -2.16. The molecule has 1 amide bonds. The third-order valence-corrected chi connectivity index (χ3v) is 5.80. The molecule has 0 aliphatic carbocycles. The number of nitrogens with zero attached hydrogens (tertiary/aromatic N) is 1. The lowest BCUT2D eigenvalue weighted by molar-refractivity contribution is 0.0696. The van der Waals surface area contributed by atoms with Crippen molar-refractivity contribution in [1.82, 2.24) is 5.43 Å². The monoisotopic (exact) mass is 584 g/mol. The van der Waals surface area contributed by atoms with Gasteiger partial charge in [-0.3, -0.25) is 4.79 Å². The summed E-state index contributed by atoms with van der Waals surface area (Å²) in [6, 6.07) is 19.0. The van der Waals surface area contributed by atoms with Crippen LogP contribution in [0.4, 0.5) is 0 Å². The number of hydrogen-bond acceptors (Lipinski definition) is 6. The molecule has 0 aliphatic heterocycles. The number of hydrazone groups is 1. The molecule has 0 atom stereocenters. The molecule has 0 aliphatic rings. The molecule has 0 spiro atoms. The number of benzene rings is 3. The second kappa shape index (κ2) is 11.0. The van der Waals surface area contributed by atoms with Crippen LogP contribution in [0.15, 0.2) is 76.2 Å². The lowest BCUT2D eigenvalue weighted by Gasteiger charge is -2.09. The third kappa shape index (κ3) is 6.18. The molecule has 0 saturated heterocycles. The number of carbonyl (C=O) groups excluding carboxylic acids is 1. The molecule has 1 aromatic heterocycles. The fourth-order valence-corrected chi connectivity index (χ4v) is 3.92. The van der Waals surface area contributed by atoms with E-state index in [2.05, 4.69) is 33.1 Å². The SMILES string of the molecule is CCOc1ccc2oc(C(=O)N/N=C/c3ccc(OCc4ccc(C(=O)O)cc4)c(I)c3)cc2c1. The van der Waals surface area contributed by atoms with Crippen molar-refractivity contribution in [2.45, 2.75) is 13.5 Å². The number of rotatable bonds is 9. The molecule has 2 N–H and O–H groups in total. The molecule has 0 bridgehead atoms. The Morgan fingerprint density at radius 2 is 1.86 bits per heavy atom. The predicted molar refractivity (Wildman–Crippen MR) is 139 cm³/mol. The number of nitrogens with one attached hydrogen (secondary N) is 1. The average molecular weight is 584 g/mol. The summed E-state index contributed by atoms with van der Waals surface area (Å²) < 4.78 is 17.8. The van der Waals surface area contributed by atoms with Crippen molar-refractivity contribution in [1.29, 1.82) is 0 Å². The van der Waals surface area contributed by atoms with Gasteiger partial charge in [-0.05, 0) is 95.2 Å². The summed E-state index contributed by atoms with van der Waals surface area (Å²) in [5, 5.41) is 13.8. The van der Waals surface area contributed by atoms with Crippen LogP contribution >= 0.6 is 22.6 Å². The number of furan rings is 1. The van der Waals surface area contributed by atoms with Crippen LogP contribution in [0.1, 0.15) is 39.0 Å². The molecule has 4 aromatic rings. The maximum Gasteiger partial charge on any atom is 0.335 e. The number of fused-ring (bicyclic) bond motifs is 1. The van der Waals surface area contributed by atoms with Gasteiger partial charge in [-0.2, -0.15) is 5.10 Å². The van der Waals surface area contributed by atoms with E-state index in [-0.39, 0.29) is 11.3 Å². The maximum absolute atomic E-state index is 12.4. The number of aromatic carboxylic acids is 1. The number of carboxylic acids is 1. The van der Waals surface area contributed by atoms with E-state index in [9.17, 15) is 9.59 Å². The summed E-state index contributed by atoms with van der Waals surface area (Å²) in [7, 11) is 0. The third-order valence-electron chi connectivity index (χ3n) is 4.95. The van der Waals surface area contributed by atoms with E-state index in [0.717, 1.165) is 20.1 Å². The van der Waals surface area contributed by atoms with Gasteiger partial charge in [0.15, 0.2) is 5.76 Å². The first-order valence-corrected chi connectivity index (χ1v) is 11.7. The van der Waals surface area contributed by atoms with Gasteiger partial charge in [-0.25, -0.2) is 10.2 Å². The van der Waals surface area contributed by atoms with Crippen molar-refractivity contribution in [2.75, 3.05) is 6.61 Å². The smallest absolute Gasteiger partial charge is 0.335 e. The predicted octanol–water partition coefficient (Wildman–Crippen LogP) is 5.48. The minimum atomic E-state index is -0.964. The van der Waals surface area contributed by atoms with Gasteiger partial charge < -0.3 is 19.0 Å². The maximum atomic E-state index is 12.4. The standard InChI is InChI=1S/C26H21IN2O6/c1-2-33-20-8-10-22-19(12-20)13-24(35-22)25(30)29-28-14-17-5-9-23(21(27)11-17)34-15-16-3-6-18(7-4-16)26(31)32/h3-14H,2,15H2,1H3,(H,29,30)(H,31,32)/b28-14+. The van der Waals surface area contributed by atoms with Gasteiger partial charge in [0.05, 0.1) is 22.0 Å². The van der Waals surface area contributed by atoms with E-state index < -0.39 is 11.9 Å². The van der Waals surface area contributed by atoms with Crippen molar-refractivity contribution in [3.63, 3.8) is 0 Å². The van der Waals surface area contributed by atoms with Crippen LogP contribution in [-0.2, 0) is 6.61 Å². The molecule has 0 radical (unpaired) electrons. The van der Waals surface area contributed by atoms with Crippen LogP contribution in [0.5, 0.6) is 11.5 Å². The van der Waals surface area contributed by atoms with Crippen molar-refractivity contribution in [3.05, 3.63) is 92.8 Å². The van der Waals surface area contributed by atoms with Gasteiger partial charge in [0.2, 0.25) is 0 Å². The number of carboxylic acid groups (broad SMARTS) is 1. The van der Waals surface area contributed by atoms with Crippen molar-refractivity contribution >= 4 is 51.7 Å². The molecule has 35 heavy (non-hydrogen) atoms. The van der Waals surface area contributed by atoms with E-state index in [1.807, 2.05) is 31.2 Å². The molecule has 4 rings (SSSR count). The number of ether oxygens (including phenoxy) is 2. The molecule has 0 fully saturated rings. The van der Waals surface area contributed by atoms with E-state index in [1.165, 1.54) is 6.21 Å². The summed E-state index contributed by atoms with van der Waals surface area (Å²) in [4.78, 5) is 23.4. The van der Waals surface area contributed by atoms with Gasteiger partial charge >= 0.3 is 11.9 Å². The van der Waals surface area contributed by atoms with Crippen LogP contribution < -0.4 is 14.9 Å². The topological polar surface area (TPSA) is 110 Å². The van der Waals surface area contributed by atoms with Crippen LogP contribution in [0, 0.1) is 3.57 Å². The van der Waals surface area contributed by atoms with Gasteiger partial charge in [-0.1, -0.05) is 12.1 Å². The molecule has 178 valence electrons. The summed E-state index contributed by atoms with van der Waals surface area (Å²) >= 11 is 2.16. The second-order valence-corrected chi connectivity index (χ2v) is 8.59. The van der Waals surface area contributed by atoms with E-state index in [0.29, 0.717) is 30.3 Å². The molecule has 1 heterocycles. The largest absolute Gasteiger partial charge is 0.494 e. The van der Waals surface area contributed by atoms with Gasteiger partial charge in [-0.15, -0.1) is 0 Å². The normalized spacial score (nSPS) is 11.0. The quantitative estimate of drug-likeness (QED) is 0.153. The number of halogens is 1. The molecule has 9 heteroatoms. The summed E-state index contributed by atoms with van der Waals surface area (Å²) in [6.07, 6.45) is 1.53. The Morgan fingerprint density at radius 3 is 2.57 bits per heavy atom. The summed E-state index contributed by atoms with van der Waals surface area (Å²) in [6.45, 7) is 2.77. The number of hydrogen-bond donors (Lipinski definition) is 2. The Kier molecular flexibility index (Phi) is 7.66. The van der Waals surface area contributed by atoms with Crippen LogP contribution in [0.3, 0.4) is 0 Å². The zero-order chi connectivity index (χ0) is 24.8. The molecule has 8 nitrogen and oxygen atoms in total. The summed E-state index contributed by atoms with van der Waals surface area (Å²) in [5.41, 5.74) is 4.93. The Labute approximate surface area is 214 Å². The first-order valence-electron chi connectivity index (χ1n) is 10.7. The highest BCUT2D eigenvalue weighted by Crippen LogP contribution is 2.25. The lowest BCUT2D eigenvalue weighted by atomic mass is 10.1. The Bertz CT molecular complexity index is 1390. The van der Waals surface area contributed by atoms with Crippen LogP contribution in [0.25, 0.3) is 11.0 Å². The zero-order valence-corrected chi connectivity index (χ0v) is 20.8. The highest BCUT2D eigenvalue weighted by Gasteiger charge is 2.12. The van der Waals surface area contributed by atoms with Gasteiger partial charge in [0.25, 0.3) is 0 Å². The van der Waals surface area contributed by atoms with E-state index in [1.54, 1.807) is 42.5 Å². The highest BCUT2D eigenvalue weighted by molar-refractivity contribution is 14.1. The fraction of sp³-hybridized carbons (Fsp3) is 0.115. The average Bonchev–Trinajstić information content (AvgIpc) is 3.28. The fourth-order valence-electron chi connectivity index (χ4n) is 3.23. The van der Waals surface area contributed by atoms with Crippen molar-refractivity contribution < 1.29 is 28.6 Å². The van der Waals surface area contributed by atoms with E-state index >= 15 is 0 Å². The number of amides is 1. The minimum Gasteiger partial charge on any atom is -0.494 e. The summed E-state index contributed by atoms with van der Waals surface area (Å²) in [5.74, 6) is 0.125. The molecule has 0 unspecified atom stereocenters. The van der Waals surface area contributed by atoms with Crippen LogP contribution in [0.2, 0.25) is 0 Å². The minimum absolute atomic E-state index is 0.153. The Hall–Kier alpha value is -3.86. The molecule has 3 aromatic carbocycles. The molecule has 0 saturated carbocycles. The van der Waals surface area contributed by atoms with Gasteiger partial charge in [0.1, 0.15) is 23.7 Å². The zero-order valence-electron chi connectivity index (χ0n) is 18.7. The Morgan fingerprint density at radius 1 is 1.06 bits per heavy atom. The highest BCUT2D eigenvalue weighted by atomic mass is 127. The molecular weight excluding hydrogens is 563 g/mol. The van der Waals surface area contributed by atoms with Crippen LogP contribution in [-0.4, -0.2) is 29.8 Å². The van der Waals surface area contributed by atoms with Crippen molar-refractivity contribution in [2.24, 2.45) is 5.10 Å². The molecular formula is C26H21IN2O6. The Balaban J connectivity index is 1.34.